The van der Waals surface area contributed by atoms with E-state index in [1.807, 2.05) is 12.1 Å². The number of piperidine rings is 1. The topological polar surface area (TPSA) is 87.3 Å². The van der Waals surface area contributed by atoms with Crippen molar-refractivity contribution in [1.29, 1.82) is 0 Å². The normalized spacial score (nSPS) is 22.6. The number of aliphatic hydroxyl groups excluding tert-OH is 1. The lowest BCUT2D eigenvalue weighted by molar-refractivity contribution is 0.0828. The van der Waals surface area contributed by atoms with Gasteiger partial charge in [-0.25, -0.2) is 9.37 Å². The lowest BCUT2D eigenvalue weighted by atomic mass is 9.91. The Morgan fingerprint density at radius 1 is 1.06 bits per heavy atom. The predicted octanol–water partition coefficient (Wildman–Crippen LogP) is 3.90. The number of nitrogens with zero attached hydrogens (tertiary/aromatic N) is 4. The monoisotopic (exact) mass is 439 g/mol. The Labute approximate surface area is 187 Å². The molecule has 2 N–H and O–H groups in total. The molecule has 7 nitrogen and oxygen atoms in total. The van der Waals surface area contributed by atoms with Crippen LogP contribution in [0, 0.1) is 19.7 Å². The van der Waals surface area contributed by atoms with E-state index >= 15 is 0 Å². The highest BCUT2D eigenvalue weighted by Crippen LogP contribution is 2.33. The molecular weight excluding hydrogens is 409 g/mol. The number of aromatic nitrogens is 3. The largest absolute Gasteiger partial charge is 0.392 e. The average Bonchev–Trinajstić information content (AvgIpc) is 3.22. The van der Waals surface area contributed by atoms with Gasteiger partial charge in [0.1, 0.15) is 11.6 Å². The number of aryl methyl sites for hydroxylation is 2. The van der Waals surface area contributed by atoms with Gasteiger partial charge in [-0.15, -0.1) is 0 Å². The highest BCUT2D eigenvalue weighted by Gasteiger charge is 2.29. The van der Waals surface area contributed by atoms with Crippen LogP contribution in [0.2, 0.25) is 0 Å². The molecule has 2 aromatic heterocycles. The number of hydrogen-bond donors (Lipinski definition) is 2. The van der Waals surface area contributed by atoms with Gasteiger partial charge in [-0.1, -0.05) is 18.0 Å². The molecule has 0 spiro atoms. The van der Waals surface area contributed by atoms with Crippen molar-refractivity contribution in [3.63, 3.8) is 0 Å². The zero-order chi connectivity index (χ0) is 22.2. The first-order chi connectivity index (χ1) is 15.5. The number of anilines is 1. The first-order valence-electron chi connectivity index (χ1n) is 11.6. The molecule has 1 saturated heterocycles. The Morgan fingerprint density at radius 2 is 1.84 bits per heavy atom. The third-order valence-corrected chi connectivity index (χ3v) is 6.82. The van der Waals surface area contributed by atoms with E-state index in [4.69, 9.17) is 9.51 Å². The molecule has 2 fully saturated rings. The van der Waals surface area contributed by atoms with Crippen LogP contribution in [0.4, 0.5) is 10.2 Å². The van der Waals surface area contributed by atoms with Crippen LogP contribution in [0.3, 0.4) is 0 Å². The number of halogens is 1. The molecule has 1 aliphatic carbocycles. The minimum Gasteiger partial charge on any atom is -0.392 e. The quantitative estimate of drug-likeness (QED) is 0.637. The van der Waals surface area contributed by atoms with Gasteiger partial charge >= 0.3 is 0 Å². The van der Waals surface area contributed by atoms with Gasteiger partial charge in [0.25, 0.3) is 0 Å². The van der Waals surface area contributed by atoms with Crippen LogP contribution >= 0.6 is 0 Å². The summed E-state index contributed by atoms with van der Waals surface area (Å²) in [5.41, 5.74) is 2.01. The molecule has 3 heterocycles. The Balaban J connectivity index is 1.41. The summed E-state index contributed by atoms with van der Waals surface area (Å²) >= 11 is 0. The number of rotatable bonds is 4. The molecule has 1 saturated carbocycles. The van der Waals surface area contributed by atoms with E-state index in [0.717, 1.165) is 62.0 Å². The number of hydrogen-bond acceptors (Lipinski definition) is 7. The molecule has 5 rings (SSSR count). The van der Waals surface area contributed by atoms with Crippen molar-refractivity contribution in [2.75, 3.05) is 18.0 Å². The maximum absolute atomic E-state index is 14.2. The first-order valence-corrected chi connectivity index (χ1v) is 11.6. The summed E-state index contributed by atoms with van der Waals surface area (Å²) in [5, 5.41) is 19.0. The van der Waals surface area contributed by atoms with E-state index in [2.05, 4.69) is 20.4 Å². The van der Waals surface area contributed by atoms with Crippen molar-refractivity contribution in [2.24, 2.45) is 0 Å². The third kappa shape index (κ3) is 4.21. The Hall–Kier alpha value is -2.58. The van der Waals surface area contributed by atoms with Crippen LogP contribution in [0.1, 0.15) is 50.0 Å². The van der Waals surface area contributed by atoms with E-state index in [1.54, 1.807) is 13.8 Å². The molecule has 0 bridgehead atoms. The summed E-state index contributed by atoms with van der Waals surface area (Å²) in [5.74, 6) is 1.50. The van der Waals surface area contributed by atoms with E-state index in [-0.39, 0.29) is 18.0 Å². The maximum atomic E-state index is 14.2. The second-order valence-electron chi connectivity index (χ2n) is 9.18. The Bertz CT molecular complexity index is 1110. The summed E-state index contributed by atoms with van der Waals surface area (Å²) < 4.78 is 19.5. The standard InChI is InChI=1S/C24H30FN5O2/c1-14-11-16-12-18(23-26-15(2)32-29-23)24(28-21(16)13-19(14)25)30-9-7-17(8-10-30)27-20-5-3-4-6-22(20)31/h11-13,17,20,22,27,31H,3-10H2,1-2H3/t20-,22-/m0/s1. The van der Waals surface area contributed by atoms with Crippen molar-refractivity contribution in [2.45, 2.75) is 70.6 Å². The van der Waals surface area contributed by atoms with Crippen LogP contribution in [0.25, 0.3) is 22.3 Å². The van der Waals surface area contributed by atoms with Gasteiger partial charge in [0, 0.05) is 43.5 Å². The lowest BCUT2D eigenvalue weighted by Gasteiger charge is -2.38. The predicted molar refractivity (Wildman–Crippen MR) is 121 cm³/mol. The van der Waals surface area contributed by atoms with Gasteiger partial charge in [-0.05, 0) is 50.3 Å². The van der Waals surface area contributed by atoms with Crippen LogP contribution in [0.15, 0.2) is 22.7 Å². The maximum Gasteiger partial charge on any atom is 0.223 e. The smallest absolute Gasteiger partial charge is 0.223 e. The van der Waals surface area contributed by atoms with Gasteiger partial charge in [0.2, 0.25) is 11.7 Å². The number of pyridine rings is 1. The fourth-order valence-corrected chi connectivity index (χ4v) is 4.98. The van der Waals surface area contributed by atoms with Crippen molar-refractivity contribution in [3.05, 3.63) is 35.5 Å². The van der Waals surface area contributed by atoms with Crippen molar-refractivity contribution in [3.8, 4) is 11.4 Å². The van der Waals surface area contributed by atoms with Crippen molar-refractivity contribution < 1.29 is 14.0 Å². The molecule has 0 radical (unpaired) electrons. The Kier molecular flexibility index (Phi) is 5.82. The van der Waals surface area contributed by atoms with Crippen molar-refractivity contribution >= 4 is 16.7 Å². The second-order valence-corrected chi connectivity index (χ2v) is 9.18. The van der Waals surface area contributed by atoms with E-state index in [9.17, 15) is 9.50 Å². The Morgan fingerprint density at radius 3 is 2.56 bits per heavy atom. The SMILES string of the molecule is Cc1nc(-c2cc3cc(C)c(F)cc3nc2N2CCC(N[C@H]3CCCC[C@@H]3O)CC2)no1. The molecule has 0 unspecified atom stereocenters. The van der Waals surface area contributed by atoms with Crippen LogP contribution in [0.5, 0.6) is 0 Å². The fraction of sp³-hybridized carbons (Fsp3) is 0.542. The van der Waals surface area contributed by atoms with E-state index < -0.39 is 0 Å². The lowest BCUT2D eigenvalue weighted by Crippen LogP contribution is -2.51. The summed E-state index contributed by atoms with van der Waals surface area (Å²) in [4.78, 5) is 11.5. The zero-order valence-electron chi connectivity index (χ0n) is 18.6. The summed E-state index contributed by atoms with van der Waals surface area (Å²) in [6.07, 6.45) is 5.89. The highest BCUT2D eigenvalue weighted by molar-refractivity contribution is 5.88. The summed E-state index contributed by atoms with van der Waals surface area (Å²) in [6, 6.07) is 5.86. The number of nitrogens with one attached hydrogen (secondary N) is 1. The van der Waals surface area contributed by atoms with Crippen LogP contribution in [-0.4, -0.2) is 51.5 Å². The molecule has 32 heavy (non-hydrogen) atoms. The van der Waals surface area contributed by atoms with E-state index in [1.165, 1.54) is 12.5 Å². The summed E-state index contributed by atoms with van der Waals surface area (Å²) in [7, 11) is 0. The first kappa shape index (κ1) is 21.3. The summed E-state index contributed by atoms with van der Waals surface area (Å²) in [6.45, 7) is 5.15. The fourth-order valence-electron chi connectivity index (χ4n) is 4.98. The van der Waals surface area contributed by atoms with Gasteiger partial charge in [-0.3, -0.25) is 0 Å². The van der Waals surface area contributed by atoms with Crippen LogP contribution < -0.4 is 10.2 Å². The zero-order valence-corrected chi connectivity index (χ0v) is 18.6. The molecule has 2 aliphatic rings. The number of aliphatic hydroxyl groups is 1. The minimum atomic E-state index is -0.256. The molecule has 8 heteroatoms. The van der Waals surface area contributed by atoms with Crippen molar-refractivity contribution in [1.82, 2.24) is 20.4 Å². The highest BCUT2D eigenvalue weighted by atomic mass is 19.1. The van der Waals surface area contributed by atoms with Crippen LogP contribution in [-0.2, 0) is 0 Å². The van der Waals surface area contributed by atoms with Gasteiger partial charge < -0.3 is 19.8 Å². The molecule has 2 atom stereocenters. The van der Waals surface area contributed by atoms with Gasteiger partial charge in [0.15, 0.2) is 0 Å². The number of fused-ring (bicyclic) bond motifs is 1. The molecule has 170 valence electrons. The molecule has 1 aliphatic heterocycles. The molecule has 3 aromatic rings. The minimum absolute atomic E-state index is 0.197. The molecular formula is C24H30FN5O2. The number of benzene rings is 1. The van der Waals surface area contributed by atoms with Gasteiger partial charge in [-0.2, -0.15) is 4.98 Å². The van der Waals surface area contributed by atoms with E-state index in [0.29, 0.717) is 28.8 Å². The average molecular weight is 440 g/mol. The van der Waals surface area contributed by atoms with Gasteiger partial charge in [0.05, 0.1) is 17.2 Å². The molecule has 1 aromatic carbocycles. The molecule has 0 amide bonds. The third-order valence-electron chi connectivity index (χ3n) is 6.82. The second kappa shape index (κ2) is 8.75.